The molecule has 0 saturated carbocycles. The van der Waals surface area contributed by atoms with Crippen LogP contribution >= 0.6 is 0 Å². The zero-order valence-electron chi connectivity index (χ0n) is 32.9. The standard InChI is InChI=1S/C57H40O2/c1-31-8-9-34-12-13-36-15-21-42(44-24-23-40(31)54(34)56(36)44)45-6-3-7-46-47-28-37(18-26-52(47)59-57(45)46)38-17-25-50-48(29-38)49-30-39(19-27-51(49)58-50)41-20-14-35-11-10-32-4-2-5-33-16-22-43(41)55(35)53(32)33/h2-5,7,9-19,21,23-31,41,43,45H,6,8,20,22H2,1H3. The SMILES string of the molecule is CC1CC=c2ccc3ccc(C4CC=Cc5c4oc4ccc(-c6ccc7oc8ccc(C9CC=c%10ccc%11cccc%12c%11c%10C9CC=%12)cc8c7c6)cc54)c4ccc1c2c34. The van der Waals surface area contributed by atoms with Crippen molar-refractivity contribution in [3.63, 3.8) is 0 Å². The Morgan fingerprint density at radius 2 is 1.19 bits per heavy atom. The first-order valence-corrected chi connectivity index (χ1v) is 21.5. The van der Waals surface area contributed by atoms with Gasteiger partial charge in [-0.25, -0.2) is 0 Å². The first kappa shape index (κ1) is 32.3. The first-order chi connectivity index (χ1) is 29.1. The number of rotatable bonds is 3. The maximum atomic E-state index is 6.85. The van der Waals surface area contributed by atoms with E-state index in [1.807, 2.05) is 0 Å². The van der Waals surface area contributed by atoms with Crippen molar-refractivity contribution in [1.82, 2.24) is 0 Å². The molecule has 10 aromatic rings. The molecule has 2 heterocycles. The molecular formula is C57H40O2. The number of fused-ring (bicyclic) bond motifs is 6. The number of benzene rings is 8. The molecule has 0 amide bonds. The van der Waals surface area contributed by atoms with Crippen molar-refractivity contribution in [2.45, 2.75) is 56.3 Å². The Morgan fingerprint density at radius 3 is 2.08 bits per heavy atom. The average Bonchev–Trinajstić information content (AvgIpc) is 3.85. The Morgan fingerprint density at radius 1 is 0.492 bits per heavy atom. The smallest absolute Gasteiger partial charge is 0.135 e. The topological polar surface area (TPSA) is 26.3 Å². The van der Waals surface area contributed by atoms with Crippen LogP contribution in [0.15, 0.2) is 136 Å². The van der Waals surface area contributed by atoms with Gasteiger partial charge in [-0.05, 0) is 161 Å². The van der Waals surface area contributed by atoms with Crippen molar-refractivity contribution >= 4 is 89.5 Å². The molecular weight excluding hydrogens is 717 g/mol. The van der Waals surface area contributed by atoms with Crippen LogP contribution in [0.1, 0.15) is 89.9 Å². The summed E-state index contributed by atoms with van der Waals surface area (Å²) in [4.78, 5) is 0. The molecule has 4 atom stereocenters. The summed E-state index contributed by atoms with van der Waals surface area (Å²) in [7, 11) is 0. The van der Waals surface area contributed by atoms with Gasteiger partial charge < -0.3 is 8.83 Å². The number of hydrogen-bond acceptors (Lipinski definition) is 2. The second kappa shape index (κ2) is 11.7. The zero-order valence-corrected chi connectivity index (χ0v) is 32.9. The molecule has 280 valence electrons. The number of allylic oxidation sites excluding steroid dienone is 1. The van der Waals surface area contributed by atoms with Crippen LogP contribution in [0.25, 0.3) is 101 Å². The minimum Gasteiger partial charge on any atom is -0.460 e. The van der Waals surface area contributed by atoms with Gasteiger partial charge >= 0.3 is 0 Å². The highest BCUT2D eigenvalue weighted by Gasteiger charge is 2.32. The van der Waals surface area contributed by atoms with Gasteiger partial charge in [0.2, 0.25) is 0 Å². The van der Waals surface area contributed by atoms with Gasteiger partial charge in [0.15, 0.2) is 0 Å². The molecule has 0 fully saturated rings. The van der Waals surface area contributed by atoms with Gasteiger partial charge in [0.25, 0.3) is 0 Å². The maximum absolute atomic E-state index is 6.85. The first-order valence-electron chi connectivity index (χ1n) is 21.5. The van der Waals surface area contributed by atoms with E-state index < -0.39 is 0 Å². The van der Waals surface area contributed by atoms with Crippen molar-refractivity contribution in [2.75, 3.05) is 0 Å². The fourth-order valence-electron chi connectivity index (χ4n) is 11.9. The molecule has 4 aliphatic rings. The summed E-state index contributed by atoms with van der Waals surface area (Å²) in [5.74, 6) is 2.67. The molecule has 2 heteroatoms. The van der Waals surface area contributed by atoms with E-state index in [1.54, 1.807) is 5.56 Å². The lowest BCUT2D eigenvalue weighted by molar-refractivity contribution is 0.518. The minimum absolute atomic E-state index is 0.155. The second-order valence-electron chi connectivity index (χ2n) is 17.8. The lowest BCUT2D eigenvalue weighted by Gasteiger charge is -2.33. The molecule has 0 spiro atoms. The molecule has 4 aliphatic carbocycles. The van der Waals surface area contributed by atoms with E-state index in [4.69, 9.17) is 8.83 Å². The fraction of sp³-hybridized carbons (Fsp3) is 0.158. The summed E-state index contributed by atoms with van der Waals surface area (Å²) in [5.41, 5.74) is 12.2. The zero-order chi connectivity index (χ0) is 38.5. The molecule has 0 N–H and O–H groups in total. The molecule has 4 unspecified atom stereocenters. The fourth-order valence-corrected chi connectivity index (χ4v) is 11.9. The van der Waals surface area contributed by atoms with E-state index in [1.165, 1.54) is 97.5 Å². The van der Waals surface area contributed by atoms with E-state index in [0.29, 0.717) is 17.8 Å². The van der Waals surface area contributed by atoms with Crippen molar-refractivity contribution < 1.29 is 8.83 Å². The van der Waals surface area contributed by atoms with Crippen LogP contribution in [0.5, 0.6) is 0 Å². The molecule has 14 rings (SSSR count). The molecule has 0 radical (unpaired) electrons. The summed E-state index contributed by atoms with van der Waals surface area (Å²) in [6, 6.07) is 45.9. The average molecular weight is 757 g/mol. The van der Waals surface area contributed by atoms with Crippen LogP contribution in [0.4, 0.5) is 0 Å². The number of hydrogen-bond donors (Lipinski definition) is 0. The van der Waals surface area contributed by atoms with Crippen LogP contribution < -0.4 is 15.7 Å². The Kier molecular flexibility index (Phi) is 6.43. The van der Waals surface area contributed by atoms with Crippen molar-refractivity contribution in [3.05, 3.63) is 177 Å². The van der Waals surface area contributed by atoms with Crippen molar-refractivity contribution in [1.29, 1.82) is 0 Å². The van der Waals surface area contributed by atoms with Crippen LogP contribution in [0.2, 0.25) is 0 Å². The van der Waals surface area contributed by atoms with Gasteiger partial charge in [-0.2, -0.15) is 0 Å². The third-order valence-electron chi connectivity index (χ3n) is 14.8. The van der Waals surface area contributed by atoms with Gasteiger partial charge in [-0.1, -0.05) is 122 Å². The minimum atomic E-state index is 0.155. The third-order valence-corrected chi connectivity index (χ3v) is 14.8. The highest BCUT2D eigenvalue weighted by molar-refractivity contribution is 6.13. The van der Waals surface area contributed by atoms with E-state index in [-0.39, 0.29) is 5.92 Å². The van der Waals surface area contributed by atoms with Gasteiger partial charge in [0, 0.05) is 27.6 Å². The monoisotopic (exact) mass is 756 g/mol. The lowest BCUT2D eigenvalue weighted by Crippen LogP contribution is -2.29. The van der Waals surface area contributed by atoms with E-state index >= 15 is 0 Å². The summed E-state index contributed by atoms with van der Waals surface area (Å²) in [6.45, 7) is 2.36. The summed E-state index contributed by atoms with van der Waals surface area (Å²) < 4.78 is 13.3. The summed E-state index contributed by atoms with van der Waals surface area (Å²) in [5, 5.41) is 16.1. The van der Waals surface area contributed by atoms with Crippen molar-refractivity contribution in [2.24, 2.45) is 0 Å². The Hall–Kier alpha value is -6.64. The summed E-state index contributed by atoms with van der Waals surface area (Å²) in [6.07, 6.45) is 16.2. The lowest BCUT2D eigenvalue weighted by atomic mass is 9.70. The molecule has 2 aromatic heterocycles. The predicted molar refractivity (Wildman–Crippen MR) is 245 cm³/mol. The molecule has 59 heavy (non-hydrogen) atoms. The Balaban J connectivity index is 0.852. The van der Waals surface area contributed by atoms with Crippen LogP contribution in [0.3, 0.4) is 0 Å². The quantitative estimate of drug-likeness (QED) is 0.179. The highest BCUT2D eigenvalue weighted by atomic mass is 16.3. The van der Waals surface area contributed by atoms with Gasteiger partial charge in [-0.15, -0.1) is 0 Å². The molecule has 0 bridgehead atoms. The predicted octanol–water partition coefficient (Wildman–Crippen LogP) is 13.2. The molecule has 0 aliphatic heterocycles. The molecule has 8 aromatic carbocycles. The normalized spacial score (nSPS) is 20.4. The van der Waals surface area contributed by atoms with Gasteiger partial charge in [-0.3, -0.25) is 0 Å². The van der Waals surface area contributed by atoms with Gasteiger partial charge in [0.1, 0.15) is 22.5 Å². The van der Waals surface area contributed by atoms with E-state index in [2.05, 4.69) is 159 Å². The summed E-state index contributed by atoms with van der Waals surface area (Å²) >= 11 is 0. The molecule has 0 saturated heterocycles. The third kappa shape index (κ3) is 4.47. The maximum Gasteiger partial charge on any atom is 0.135 e. The highest BCUT2D eigenvalue weighted by Crippen LogP contribution is 2.47. The van der Waals surface area contributed by atoms with Gasteiger partial charge in [0.05, 0.1) is 0 Å². The van der Waals surface area contributed by atoms with Crippen LogP contribution in [0, 0.1) is 0 Å². The van der Waals surface area contributed by atoms with Crippen LogP contribution in [-0.2, 0) is 0 Å². The molecule has 2 nitrogen and oxygen atoms in total. The van der Waals surface area contributed by atoms with Crippen molar-refractivity contribution in [3.8, 4) is 11.1 Å². The second-order valence-corrected chi connectivity index (χ2v) is 17.8. The largest absolute Gasteiger partial charge is 0.460 e. The number of furan rings is 2. The van der Waals surface area contributed by atoms with E-state index in [9.17, 15) is 0 Å². The van der Waals surface area contributed by atoms with Crippen LogP contribution in [-0.4, -0.2) is 0 Å². The van der Waals surface area contributed by atoms with E-state index in [0.717, 1.165) is 48.2 Å². The Bertz CT molecular complexity index is 3720. The Labute approximate surface area is 341 Å².